The van der Waals surface area contributed by atoms with Crippen molar-refractivity contribution in [3.05, 3.63) is 35.6 Å². The Morgan fingerprint density at radius 3 is 2.95 bits per heavy atom. The molecular weight excluding hydrogens is 279 g/mol. The second-order valence-corrected chi connectivity index (χ2v) is 6.38. The van der Waals surface area contributed by atoms with Crippen LogP contribution < -0.4 is 5.32 Å². The van der Waals surface area contributed by atoms with E-state index in [0.717, 1.165) is 26.1 Å². The predicted molar refractivity (Wildman–Crippen MR) is 87.1 cm³/mol. The van der Waals surface area contributed by atoms with E-state index in [1.807, 2.05) is 24.9 Å². The molecule has 1 aromatic carbocycles. The first-order valence-corrected chi connectivity index (χ1v) is 8.28. The van der Waals surface area contributed by atoms with Crippen LogP contribution in [-0.2, 0) is 11.2 Å². The number of rotatable bonds is 6. The van der Waals surface area contributed by atoms with Crippen molar-refractivity contribution >= 4 is 5.91 Å². The van der Waals surface area contributed by atoms with Crippen LogP contribution in [0.1, 0.15) is 31.7 Å². The van der Waals surface area contributed by atoms with Crippen molar-refractivity contribution < 1.29 is 9.18 Å². The molecule has 0 unspecified atom stereocenters. The number of likely N-dealkylation sites (tertiary alicyclic amines) is 1. The Kier molecular flexibility index (Phi) is 6.37. The second kappa shape index (κ2) is 8.28. The summed E-state index contributed by atoms with van der Waals surface area (Å²) in [5.41, 5.74) is 0.703. The van der Waals surface area contributed by atoms with Gasteiger partial charge in [-0.05, 0) is 56.8 Å². The highest BCUT2D eigenvalue weighted by atomic mass is 19.1. The molecule has 0 radical (unpaired) electrons. The maximum Gasteiger partial charge on any atom is 0.225 e. The number of nitrogens with zero attached hydrogens (tertiary/aromatic N) is 1. The molecular formula is C18H27FN2O. The Labute approximate surface area is 132 Å². The highest BCUT2D eigenvalue weighted by Crippen LogP contribution is 2.20. The Morgan fingerprint density at radius 2 is 2.23 bits per heavy atom. The molecule has 1 aliphatic rings. The minimum absolute atomic E-state index is 0.0482. The molecule has 1 saturated heterocycles. The van der Waals surface area contributed by atoms with E-state index in [1.165, 1.54) is 12.5 Å². The van der Waals surface area contributed by atoms with Crippen LogP contribution in [0.4, 0.5) is 4.39 Å². The van der Waals surface area contributed by atoms with E-state index >= 15 is 0 Å². The molecule has 2 rings (SSSR count). The molecule has 1 heterocycles. The Hall–Kier alpha value is -1.42. The minimum atomic E-state index is -0.172. The van der Waals surface area contributed by atoms with Crippen LogP contribution in [0.15, 0.2) is 24.3 Å². The summed E-state index contributed by atoms with van der Waals surface area (Å²) in [7, 11) is 1.96. The lowest BCUT2D eigenvalue weighted by Gasteiger charge is -2.34. The lowest BCUT2D eigenvalue weighted by Crippen LogP contribution is -2.44. The predicted octanol–water partition coefficient (Wildman–Crippen LogP) is 2.85. The molecule has 0 aromatic heterocycles. The van der Waals surface area contributed by atoms with E-state index in [9.17, 15) is 9.18 Å². The molecule has 0 spiro atoms. The van der Waals surface area contributed by atoms with Crippen LogP contribution in [0.25, 0.3) is 0 Å². The Balaban J connectivity index is 1.85. The van der Waals surface area contributed by atoms with Gasteiger partial charge in [-0.25, -0.2) is 4.39 Å². The van der Waals surface area contributed by atoms with Crippen molar-refractivity contribution in [2.24, 2.45) is 11.8 Å². The van der Waals surface area contributed by atoms with Crippen molar-refractivity contribution in [2.45, 2.75) is 32.6 Å². The molecule has 2 atom stereocenters. The van der Waals surface area contributed by atoms with E-state index in [1.54, 1.807) is 12.1 Å². The van der Waals surface area contributed by atoms with Gasteiger partial charge in [-0.3, -0.25) is 4.79 Å². The number of carbonyl (C=O) groups excluding carboxylic acids is 1. The van der Waals surface area contributed by atoms with E-state index in [-0.39, 0.29) is 17.6 Å². The van der Waals surface area contributed by atoms with E-state index < -0.39 is 0 Å². The number of aryl methyl sites for hydroxylation is 1. The van der Waals surface area contributed by atoms with Gasteiger partial charge in [-0.1, -0.05) is 25.1 Å². The maximum absolute atomic E-state index is 13.6. The van der Waals surface area contributed by atoms with Crippen LogP contribution in [0.5, 0.6) is 0 Å². The summed E-state index contributed by atoms with van der Waals surface area (Å²) in [6, 6.07) is 6.83. The molecule has 1 amide bonds. The third kappa shape index (κ3) is 4.54. The van der Waals surface area contributed by atoms with Gasteiger partial charge in [0, 0.05) is 19.0 Å². The Bertz CT molecular complexity index is 490. The zero-order valence-electron chi connectivity index (χ0n) is 13.6. The van der Waals surface area contributed by atoms with Gasteiger partial charge < -0.3 is 10.2 Å². The average Bonchev–Trinajstić information content (AvgIpc) is 2.53. The largest absolute Gasteiger partial charge is 0.342 e. The molecule has 3 nitrogen and oxygen atoms in total. The maximum atomic E-state index is 13.6. The van der Waals surface area contributed by atoms with Gasteiger partial charge in [-0.2, -0.15) is 0 Å². The van der Waals surface area contributed by atoms with Crippen LogP contribution in [0.2, 0.25) is 0 Å². The normalized spacial score (nSPS) is 20.0. The fraction of sp³-hybridized carbons (Fsp3) is 0.611. The molecule has 122 valence electrons. The number of nitrogens with one attached hydrogen (secondary N) is 1. The molecule has 1 aliphatic heterocycles. The summed E-state index contributed by atoms with van der Waals surface area (Å²) >= 11 is 0. The van der Waals surface area contributed by atoms with E-state index in [0.29, 0.717) is 24.3 Å². The molecule has 0 aliphatic carbocycles. The average molecular weight is 306 g/mol. The molecule has 22 heavy (non-hydrogen) atoms. The first kappa shape index (κ1) is 16.9. The molecule has 0 bridgehead atoms. The fourth-order valence-corrected chi connectivity index (χ4v) is 3.23. The lowest BCUT2D eigenvalue weighted by molar-refractivity contribution is -0.137. The third-order valence-electron chi connectivity index (χ3n) is 4.55. The number of carbonyl (C=O) groups is 1. The Morgan fingerprint density at radius 1 is 1.45 bits per heavy atom. The molecule has 4 heteroatoms. The second-order valence-electron chi connectivity index (χ2n) is 6.38. The van der Waals surface area contributed by atoms with E-state index in [2.05, 4.69) is 5.32 Å². The summed E-state index contributed by atoms with van der Waals surface area (Å²) in [5.74, 6) is 0.556. The number of hydrogen-bond donors (Lipinski definition) is 1. The topological polar surface area (TPSA) is 32.3 Å². The number of amides is 1. The van der Waals surface area contributed by atoms with Gasteiger partial charge >= 0.3 is 0 Å². The number of benzene rings is 1. The molecule has 1 N–H and O–H groups in total. The monoisotopic (exact) mass is 306 g/mol. The van der Waals surface area contributed by atoms with Crippen molar-refractivity contribution in [1.29, 1.82) is 0 Å². The SMILES string of the molecule is CNC[C@@H]1CCCN(C(=O)[C@H](C)CCc2ccccc2F)C1. The minimum Gasteiger partial charge on any atom is -0.342 e. The van der Waals surface area contributed by atoms with Gasteiger partial charge in [0.1, 0.15) is 5.82 Å². The number of halogens is 1. The van der Waals surface area contributed by atoms with Crippen molar-refractivity contribution in [3.8, 4) is 0 Å². The van der Waals surface area contributed by atoms with Crippen LogP contribution in [0.3, 0.4) is 0 Å². The van der Waals surface area contributed by atoms with Gasteiger partial charge in [0.2, 0.25) is 5.91 Å². The van der Waals surface area contributed by atoms with Gasteiger partial charge in [0.15, 0.2) is 0 Å². The molecule has 1 aromatic rings. The van der Waals surface area contributed by atoms with Crippen LogP contribution in [0, 0.1) is 17.7 Å². The van der Waals surface area contributed by atoms with Crippen LogP contribution in [-0.4, -0.2) is 37.5 Å². The van der Waals surface area contributed by atoms with E-state index in [4.69, 9.17) is 0 Å². The zero-order chi connectivity index (χ0) is 15.9. The first-order valence-electron chi connectivity index (χ1n) is 8.28. The third-order valence-corrected chi connectivity index (χ3v) is 4.55. The summed E-state index contributed by atoms with van der Waals surface area (Å²) in [5, 5.41) is 3.20. The summed E-state index contributed by atoms with van der Waals surface area (Å²) in [6.45, 7) is 4.64. The van der Waals surface area contributed by atoms with Gasteiger partial charge in [0.05, 0.1) is 0 Å². The van der Waals surface area contributed by atoms with Crippen molar-refractivity contribution in [2.75, 3.05) is 26.7 Å². The highest BCUT2D eigenvalue weighted by Gasteiger charge is 2.26. The number of hydrogen-bond acceptors (Lipinski definition) is 2. The highest BCUT2D eigenvalue weighted by molar-refractivity contribution is 5.78. The van der Waals surface area contributed by atoms with Crippen molar-refractivity contribution in [3.63, 3.8) is 0 Å². The molecule has 1 fully saturated rings. The molecule has 0 saturated carbocycles. The smallest absolute Gasteiger partial charge is 0.225 e. The van der Waals surface area contributed by atoms with Crippen LogP contribution >= 0.6 is 0 Å². The quantitative estimate of drug-likeness (QED) is 0.876. The summed E-state index contributed by atoms with van der Waals surface area (Å²) in [4.78, 5) is 14.6. The summed E-state index contributed by atoms with van der Waals surface area (Å²) in [6.07, 6.45) is 3.59. The number of piperidine rings is 1. The summed E-state index contributed by atoms with van der Waals surface area (Å²) < 4.78 is 13.6. The van der Waals surface area contributed by atoms with Gasteiger partial charge in [-0.15, -0.1) is 0 Å². The standard InChI is InChI=1S/C18H27FN2O/c1-14(9-10-16-7-3-4-8-17(16)19)18(22)21-11-5-6-15(13-21)12-20-2/h3-4,7-8,14-15,20H,5-6,9-13H2,1-2H3/t14-,15+/m1/s1. The zero-order valence-corrected chi connectivity index (χ0v) is 13.6. The van der Waals surface area contributed by atoms with Gasteiger partial charge in [0.25, 0.3) is 0 Å². The van der Waals surface area contributed by atoms with Crippen molar-refractivity contribution in [1.82, 2.24) is 10.2 Å². The fourth-order valence-electron chi connectivity index (χ4n) is 3.23. The first-order chi connectivity index (χ1) is 10.6. The lowest BCUT2D eigenvalue weighted by atomic mass is 9.95.